The molecular formula is C31H32F2N6O4. The van der Waals surface area contributed by atoms with Crippen molar-refractivity contribution in [1.82, 2.24) is 14.0 Å². The molecule has 0 bridgehead atoms. The van der Waals surface area contributed by atoms with Crippen LogP contribution in [0.2, 0.25) is 0 Å². The number of nitrogens with zero attached hydrogens (tertiary/aromatic N) is 5. The van der Waals surface area contributed by atoms with E-state index in [9.17, 15) is 28.5 Å². The Morgan fingerprint density at radius 1 is 0.860 bits per heavy atom. The Balaban J connectivity index is 1.46. The van der Waals surface area contributed by atoms with E-state index >= 15 is 0 Å². The number of halogens is 2. The third-order valence-electron chi connectivity index (χ3n) is 7.88. The van der Waals surface area contributed by atoms with Crippen molar-refractivity contribution < 1.29 is 13.7 Å². The highest BCUT2D eigenvalue weighted by Gasteiger charge is 2.26. The molecule has 0 unspecified atom stereocenters. The molecule has 43 heavy (non-hydrogen) atoms. The molecule has 1 aliphatic heterocycles. The first-order valence-corrected chi connectivity index (χ1v) is 13.9. The fraction of sp³-hybridized carbons (Fsp3) is 0.290. The molecule has 5 rings (SSSR count). The van der Waals surface area contributed by atoms with Crippen molar-refractivity contribution in [3.8, 4) is 0 Å². The van der Waals surface area contributed by atoms with E-state index in [0.717, 1.165) is 27.8 Å². The third-order valence-corrected chi connectivity index (χ3v) is 7.88. The van der Waals surface area contributed by atoms with Gasteiger partial charge in [-0.3, -0.25) is 28.9 Å². The van der Waals surface area contributed by atoms with Gasteiger partial charge in [-0.25, -0.2) is 13.6 Å². The molecule has 0 radical (unpaired) electrons. The highest BCUT2D eigenvalue weighted by atomic mass is 19.1. The predicted octanol–water partition coefficient (Wildman–Crippen LogP) is 3.58. The molecule has 1 aromatic heterocycles. The number of hydrogen-bond donors (Lipinski definition) is 1. The molecule has 0 saturated carbocycles. The van der Waals surface area contributed by atoms with Crippen LogP contribution in [0.1, 0.15) is 28.4 Å². The summed E-state index contributed by atoms with van der Waals surface area (Å²) in [7, 11) is 0. The number of anilines is 1. The van der Waals surface area contributed by atoms with Crippen LogP contribution < -0.4 is 21.9 Å². The zero-order valence-corrected chi connectivity index (χ0v) is 23.7. The number of nitro groups is 1. The van der Waals surface area contributed by atoms with Crippen LogP contribution in [0.3, 0.4) is 0 Å². The molecule has 0 amide bonds. The molecule has 0 aliphatic carbocycles. The van der Waals surface area contributed by atoms with Gasteiger partial charge in [0.1, 0.15) is 17.3 Å². The van der Waals surface area contributed by atoms with E-state index in [1.165, 1.54) is 22.8 Å². The van der Waals surface area contributed by atoms with Crippen molar-refractivity contribution in [3.05, 3.63) is 138 Å². The fourth-order valence-electron chi connectivity index (χ4n) is 5.45. The minimum Gasteiger partial charge on any atom is -0.363 e. The first-order chi connectivity index (χ1) is 20.6. The van der Waals surface area contributed by atoms with E-state index in [1.54, 1.807) is 19.1 Å². The van der Waals surface area contributed by atoms with Gasteiger partial charge in [-0.2, -0.15) is 0 Å². The average Bonchev–Trinajstić information content (AvgIpc) is 3.00. The maximum absolute atomic E-state index is 14.7. The van der Waals surface area contributed by atoms with Crippen molar-refractivity contribution in [3.63, 3.8) is 0 Å². The summed E-state index contributed by atoms with van der Waals surface area (Å²) < 4.78 is 31.6. The van der Waals surface area contributed by atoms with Crippen LogP contribution in [-0.2, 0) is 19.6 Å². The molecule has 0 spiro atoms. The summed E-state index contributed by atoms with van der Waals surface area (Å²) in [5.74, 6) is -1.57. The Labute approximate surface area is 246 Å². The van der Waals surface area contributed by atoms with Crippen LogP contribution in [-0.4, -0.2) is 45.1 Å². The molecule has 2 heterocycles. The van der Waals surface area contributed by atoms with Gasteiger partial charge >= 0.3 is 5.69 Å². The number of nitro benzene ring substituents is 1. The Kier molecular flexibility index (Phi) is 8.78. The minimum absolute atomic E-state index is 0.0256. The van der Waals surface area contributed by atoms with Crippen molar-refractivity contribution >= 4 is 11.4 Å². The molecule has 1 fully saturated rings. The second-order valence-electron chi connectivity index (χ2n) is 10.6. The Bertz CT molecular complexity index is 1710. The first-order valence-electron chi connectivity index (χ1n) is 13.9. The summed E-state index contributed by atoms with van der Waals surface area (Å²) in [6.07, 6.45) is 0. The molecule has 4 aromatic rings. The zero-order valence-electron chi connectivity index (χ0n) is 23.7. The smallest absolute Gasteiger partial charge is 0.331 e. The Morgan fingerprint density at radius 3 is 2.09 bits per heavy atom. The number of benzene rings is 3. The summed E-state index contributed by atoms with van der Waals surface area (Å²) in [6.45, 7) is 3.77. The van der Waals surface area contributed by atoms with E-state index in [2.05, 4.69) is 4.90 Å². The van der Waals surface area contributed by atoms with Crippen molar-refractivity contribution in [2.45, 2.75) is 32.6 Å². The summed E-state index contributed by atoms with van der Waals surface area (Å²) in [5, 5.41) is 11.0. The van der Waals surface area contributed by atoms with Crippen LogP contribution >= 0.6 is 0 Å². The lowest BCUT2D eigenvalue weighted by molar-refractivity contribution is -0.384. The van der Waals surface area contributed by atoms with Crippen LogP contribution in [0.15, 0.2) is 82.4 Å². The SMILES string of the molecule is Cc1c(N2CCN(Cc3ccc([N+](=O)[O-])cc3)CC2)c(=O)n(C[C@H](N)c2ccccc2)c(=O)n1Cc1c(F)cccc1F. The maximum atomic E-state index is 14.7. The fourth-order valence-corrected chi connectivity index (χ4v) is 5.45. The number of piperazine rings is 1. The highest BCUT2D eigenvalue weighted by Crippen LogP contribution is 2.21. The van der Waals surface area contributed by atoms with Gasteiger partial charge in [-0.1, -0.05) is 48.5 Å². The van der Waals surface area contributed by atoms with Crippen molar-refractivity contribution in [1.29, 1.82) is 0 Å². The first kappa shape index (κ1) is 29.8. The number of non-ortho nitro benzene ring substituents is 1. The Morgan fingerprint density at radius 2 is 1.49 bits per heavy atom. The predicted molar refractivity (Wildman–Crippen MR) is 159 cm³/mol. The molecule has 1 aliphatic rings. The molecule has 1 atom stereocenters. The molecule has 12 heteroatoms. The quantitative estimate of drug-likeness (QED) is 0.234. The van der Waals surface area contributed by atoms with Gasteiger partial charge in [0.25, 0.3) is 11.2 Å². The van der Waals surface area contributed by atoms with Crippen LogP contribution in [0, 0.1) is 28.7 Å². The molecule has 3 aromatic carbocycles. The Hall–Kier alpha value is -4.68. The van der Waals surface area contributed by atoms with Gasteiger partial charge in [-0.15, -0.1) is 0 Å². The largest absolute Gasteiger partial charge is 0.363 e. The lowest BCUT2D eigenvalue weighted by Gasteiger charge is -2.37. The van der Waals surface area contributed by atoms with E-state index in [1.807, 2.05) is 35.2 Å². The summed E-state index contributed by atoms with van der Waals surface area (Å²) >= 11 is 0. The van der Waals surface area contributed by atoms with E-state index in [-0.39, 0.29) is 23.5 Å². The number of hydrogen-bond acceptors (Lipinski definition) is 7. The lowest BCUT2D eigenvalue weighted by atomic mass is 10.1. The topological polar surface area (TPSA) is 120 Å². The number of aromatic nitrogens is 2. The van der Waals surface area contributed by atoms with E-state index in [0.29, 0.717) is 38.4 Å². The lowest BCUT2D eigenvalue weighted by Crippen LogP contribution is -2.51. The van der Waals surface area contributed by atoms with Gasteiger partial charge in [-0.05, 0) is 30.2 Å². The van der Waals surface area contributed by atoms with Crippen LogP contribution in [0.4, 0.5) is 20.2 Å². The highest BCUT2D eigenvalue weighted by molar-refractivity contribution is 5.50. The normalized spacial score (nSPS) is 14.6. The summed E-state index contributed by atoms with van der Waals surface area (Å²) in [6, 6.07) is 18.3. The van der Waals surface area contributed by atoms with Gasteiger partial charge in [0.15, 0.2) is 0 Å². The van der Waals surface area contributed by atoms with Gasteiger partial charge < -0.3 is 10.6 Å². The van der Waals surface area contributed by atoms with Gasteiger partial charge in [0.2, 0.25) is 0 Å². The van der Waals surface area contributed by atoms with Gasteiger partial charge in [0.05, 0.1) is 18.0 Å². The second-order valence-corrected chi connectivity index (χ2v) is 10.6. The second kappa shape index (κ2) is 12.7. The molecule has 10 nitrogen and oxygen atoms in total. The monoisotopic (exact) mass is 590 g/mol. The zero-order chi connectivity index (χ0) is 30.7. The number of nitrogens with two attached hydrogens (primary N) is 1. The molecule has 224 valence electrons. The van der Waals surface area contributed by atoms with E-state index in [4.69, 9.17) is 5.73 Å². The third kappa shape index (κ3) is 6.40. The van der Waals surface area contributed by atoms with E-state index < -0.39 is 40.4 Å². The average molecular weight is 591 g/mol. The van der Waals surface area contributed by atoms with Crippen molar-refractivity contribution in [2.75, 3.05) is 31.1 Å². The summed E-state index contributed by atoms with van der Waals surface area (Å²) in [4.78, 5) is 42.2. The van der Waals surface area contributed by atoms with Gasteiger partial charge in [0, 0.05) is 62.2 Å². The number of rotatable bonds is 9. The summed E-state index contributed by atoms with van der Waals surface area (Å²) in [5.41, 5.74) is 7.21. The maximum Gasteiger partial charge on any atom is 0.331 e. The molecule has 2 N–H and O–H groups in total. The molecular weight excluding hydrogens is 558 g/mol. The minimum atomic E-state index is -0.786. The van der Waals surface area contributed by atoms with Crippen LogP contribution in [0.5, 0.6) is 0 Å². The standard InChI is InChI=1S/C31H32F2N6O4/c1-21-29(36-16-14-35(15-17-36)18-22-10-12-24(13-11-22)39(42)43)30(40)38(20-28(34)23-6-3-2-4-7-23)31(41)37(21)19-25-26(32)8-5-9-27(25)33/h2-13,28H,14-20,34H2,1H3/t28-/m0/s1. The van der Waals surface area contributed by atoms with Crippen LogP contribution in [0.25, 0.3) is 0 Å². The van der Waals surface area contributed by atoms with Crippen molar-refractivity contribution in [2.24, 2.45) is 5.73 Å². The molecule has 1 saturated heterocycles.